The quantitative estimate of drug-likeness (QED) is 0.614. The van der Waals surface area contributed by atoms with Crippen molar-refractivity contribution in [3.63, 3.8) is 0 Å². The molecule has 96 valence electrons. The van der Waals surface area contributed by atoms with E-state index in [1.165, 1.54) is 11.9 Å². The summed E-state index contributed by atoms with van der Waals surface area (Å²) >= 11 is 0. The third kappa shape index (κ3) is 2.03. The SMILES string of the molecule is CN(C(=O)c1c(F)ccc([N+](=O)[O-])c1F)C1CC1. The zero-order chi connectivity index (χ0) is 13.4. The number of nitro groups is 1. The molecule has 18 heavy (non-hydrogen) atoms. The number of nitro benzene ring substituents is 1. The van der Waals surface area contributed by atoms with Gasteiger partial charge < -0.3 is 4.90 Å². The van der Waals surface area contributed by atoms with Crippen molar-refractivity contribution < 1.29 is 18.5 Å². The van der Waals surface area contributed by atoms with E-state index in [1.54, 1.807) is 0 Å². The van der Waals surface area contributed by atoms with Crippen molar-refractivity contribution in [2.75, 3.05) is 7.05 Å². The van der Waals surface area contributed by atoms with Crippen LogP contribution in [0.1, 0.15) is 23.2 Å². The van der Waals surface area contributed by atoms with Gasteiger partial charge >= 0.3 is 5.69 Å². The lowest BCUT2D eigenvalue weighted by atomic mass is 10.1. The van der Waals surface area contributed by atoms with Gasteiger partial charge in [-0.25, -0.2) is 4.39 Å². The number of rotatable bonds is 3. The highest BCUT2D eigenvalue weighted by Gasteiger charge is 2.34. The predicted molar refractivity (Wildman–Crippen MR) is 58.1 cm³/mol. The normalized spacial score (nSPS) is 14.4. The lowest BCUT2D eigenvalue weighted by Gasteiger charge is -2.16. The molecular weight excluding hydrogens is 246 g/mol. The molecule has 0 bridgehead atoms. The monoisotopic (exact) mass is 256 g/mol. The number of carbonyl (C=O) groups is 1. The van der Waals surface area contributed by atoms with Gasteiger partial charge in [-0.05, 0) is 18.9 Å². The highest BCUT2D eigenvalue weighted by atomic mass is 19.1. The summed E-state index contributed by atoms with van der Waals surface area (Å²) < 4.78 is 27.2. The number of hydrogen-bond donors (Lipinski definition) is 0. The van der Waals surface area contributed by atoms with E-state index in [-0.39, 0.29) is 6.04 Å². The van der Waals surface area contributed by atoms with Crippen molar-refractivity contribution in [2.24, 2.45) is 0 Å². The Kier molecular flexibility index (Phi) is 2.98. The Morgan fingerprint density at radius 2 is 2.06 bits per heavy atom. The summed E-state index contributed by atoms with van der Waals surface area (Å²) in [6.07, 6.45) is 1.56. The van der Waals surface area contributed by atoms with Crippen LogP contribution < -0.4 is 0 Å². The average Bonchev–Trinajstić information content (AvgIpc) is 3.11. The Morgan fingerprint density at radius 3 is 2.56 bits per heavy atom. The minimum absolute atomic E-state index is 0.0319. The molecule has 0 radical (unpaired) electrons. The van der Waals surface area contributed by atoms with Gasteiger partial charge in [-0.2, -0.15) is 4.39 Å². The third-order valence-electron chi connectivity index (χ3n) is 2.90. The predicted octanol–water partition coefficient (Wildman–Crippen LogP) is 2.11. The first-order chi connectivity index (χ1) is 8.43. The van der Waals surface area contributed by atoms with Crippen molar-refractivity contribution in [3.05, 3.63) is 39.4 Å². The topological polar surface area (TPSA) is 63.5 Å². The van der Waals surface area contributed by atoms with Crippen LogP contribution in [0, 0.1) is 21.7 Å². The summed E-state index contributed by atoms with van der Waals surface area (Å²) in [6.45, 7) is 0. The number of amides is 1. The molecule has 0 N–H and O–H groups in total. The zero-order valence-corrected chi connectivity index (χ0v) is 9.52. The molecule has 1 amide bonds. The molecular formula is C11H10F2N2O3. The molecule has 1 aliphatic carbocycles. The van der Waals surface area contributed by atoms with Crippen LogP contribution in [0.4, 0.5) is 14.5 Å². The fourth-order valence-electron chi connectivity index (χ4n) is 1.68. The van der Waals surface area contributed by atoms with Gasteiger partial charge in [0.1, 0.15) is 11.4 Å². The molecule has 1 fully saturated rings. The van der Waals surface area contributed by atoms with Gasteiger partial charge in [0.15, 0.2) is 0 Å². The van der Waals surface area contributed by atoms with E-state index < -0.39 is 33.7 Å². The van der Waals surface area contributed by atoms with Gasteiger partial charge in [0.2, 0.25) is 5.82 Å². The van der Waals surface area contributed by atoms with E-state index in [9.17, 15) is 23.7 Å². The van der Waals surface area contributed by atoms with E-state index in [0.29, 0.717) is 6.07 Å². The minimum atomic E-state index is -1.42. The van der Waals surface area contributed by atoms with Crippen LogP contribution >= 0.6 is 0 Å². The Hall–Kier alpha value is -2.05. The van der Waals surface area contributed by atoms with Crippen LogP contribution in [-0.2, 0) is 0 Å². The van der Waals surface area contributed by atoms with Gasteiger partial charge in [-0.15, -0.1) is 0 Å². The smallest absolute Gasteiger partial charge is 0.305 e. The van der Waals surface area contributed by atoms with Crippen LogP contribution in [0.15, 0.2) is 12.1 Å². The molecule has 0 unspecified atom stereocenters. The van der Waals surface area contributed by atoms with E-state index in [4.69, 9.17) is 0 Å². The van der Waals surface area contributed by atoms with E-state index in [2.05, 4.69) is 0 Å². The Labute approximate surface area is 101 Å². The van der Waals surface area contributed by atoms with Crippen molar-refractivity contribution in [1.82, 2.24) is 4.90 Å². The highest BCUT2D eigenvalue weighted by Crippen LogP contribution is 2.29. The summed E-state index contributed by atoms with van der Waals surface area (Å²) in [4.78, 5) is 22.6. The molecule has 0 saturated heterocycles. The van der Waals surface area contributed by atoms with E-state index in [0.717, 1.165) is 18.9 Å². The van der Waals surface area contributed by atoms with Crippen molar-refractivity contribution >= 4 is 11.6 Å². The third-order valence-corrected chi connectivity index (χ3v) is 2.90. The fourth-order valence-corrected chi connectivity index (χ4v) is 1.68. The molecule has 1 aliphatic rings. The van der Waals surface area contributed by atoms with Gasteiger partial charge in [0.05, 0.1) is 4.92 Å². The first-order valence-corrected chi connectivity index (χ1v) is 5.33. The van der Waals surface area contributed by atoms with Crippen LogP contribution in [0.5, 0.6) is 0 Å². The first-order valence-electron chi connectivity index (χ1n) is 5.33. The fraction of sp³-hybridized carbons (Fsp3) is 0.364. The molecule has 0 spiro atoms. The Balaban J connectivity index is 2.45. The largest absolute Gasteiger partial charge is 0.339 e. The molecule has 1 aromatic carbocycles. The van der Waals surface area contributed by atoms with Crippen LogP contribution in [0.3, 0.4) is 0 Å². The molecule has 2 rings (SSSR count). The van der Waals surface area contributed by atoms with Gasteiger partial charge in [0.25, 0.3) is 5.91 Å². The van der Waals surface area contributed by atoms with Crippen LogP contribution in [0.25, 0.3) is 0 Å². The van der Waals surface area contributed by atoms with Crippen molar-refractivity contribution in [2.45, 2.75) is 18.9 Å². The van der Waals surface area contributed by atoms with E-state index >= 15 is 0 Å². The van der Waals surface area contributed by atoms with Crippen molar-refractivity contribution in [3.8, 4) is 0 Å². The van der Waals surface area contributed by atoms with Crippen LogP contribution in [-0.4, -0.2) is 28.8 Å². The van der Waals surface area contributed by atoms with Gasteiger partial charge in [-0.1, -0.05) is 0 Å². The molecule has 1 aromatic rings. The summed E-state index contributed by atoms with van der Waals surface area (Å²) in [5.41, 5.74) is -1.76. The second-order valence-electron chi connectivity index (χ2n) is 4.16. The molecule has 7 heteroatoms. The molecule has 1 saturated carbocycles. The second-order valence-corrected chi connectivity index (χ2v) is 4.16. The number of benzene rings is 1. The summed E-state index contributed by atoms with van der Waals surface area (Å²) in [5.74, 6) is -3.37. The van der Waals surface area contributed by atoms with E-state index in [1.807, 2.05) is 0 Å². The number of halogens is 2. The summed E-state index contributed by atoms with van der Waals surface area (Å²) in [5, 5.41) is 10.5. The zero-order valence-electron chi connectivity index (χ0n) is 9.52. The number of nitrogens with zero attached hydrogens (tertiary/aromatic N) is 2. The number of hydrogen-bond acceptors (Lipinski definition) is 3. The lowest BCUT2D eigenvalue weighted by Crippen LogP contribution is -2.30. The maximum atomic E-state index is 13.7. The molecule has 5 nitrogen and oxygen atoms in total. The highest BCUT2D eigenvalue weighted by molar-refractivity contribution is 5.95. The molecule has 0 aromatic heterocycles. The first kappa shape index (κ1) is 12.4. The number of carbonyl (C=O) groups excluding carboxylic acids is 1. The Bertz CT molecular complexity index is 529. The maximum absolute atomic E-state index is 13.7. The summed E-state index contributed by atoms with van der Waals surface area (Å²) in [6, 6.07) is 1.41. The van der Waals surface area contributed by atoms with Crippen LogP contribution in [0.2, 0.25) is 0 Å². The van der Waals surface area contributed by atoms with Gasteiger partial charge in [-0.3, -0.25) is 14.9 Å². The lowest BCUT2D eigenvalue weighted by molar-refractivity contribution is -0.387. The Morgan fingerprint density at radius 1 is 1.44 bits per heavy atom. The molecule has 0 heterocycles. The second kappa shape index (κ2) is 4.32. The van der Waals surface area contributed by atoms with Crippen molar-refractivity contribution in [1.29, 1.82) is 0 Å². The maximum Gasteiger partial charge on any atom is 0.305 e. The molecule has 0 atom stereocenters. The summed E-state index contributed by atoms with van der Waals surface area (Å²) in [7, 11) is 1.43. The molecule has 0 aliphatic heterocycles. The minimum Gasteiger partial charge on any atom is -0.339 e. The standard InChI is InChI=1S/C11H10F2N2O3/c1-14(6-2-3-6)11(16)9-7(12)4-5-8(10(9)13)15(17)18/h4-6H,2-3H2,1H3. The van der Waals surface area contributed by atoms with Gasteiger partial charge in [0, 0.05) is 19.2 Å². The average molecular weight is 256 g/mol.